The first kappa shape index (κ1) is 18.3. The van der Waals surface area contributed by atoms with Crippen LogP contribution in [-0.2, 0) is 24.5 Å². The van der Waals surface area contributed by atoms with Crippen molar-refractivity contribution < 1.29 is 19.1 Å². The summed E-state index contributed by atoms with van der Waals surface area (Å²) in [5, 5.41) is 3.01. The lowest BCUT2D eigenvalue weighted by molar-refractivity contribution is -0.222. The third-order valence-corrected chi connectivity index (χ3v) is 4.75. The predicted octanol–water partition coefficient (Wildman–Crippen LogP) is 4.33. The average molecular weight is 371 g/mol. The Labute approximate surface area is 156 Å². The van der Waals surface area contributed by atoms with E-state index in [0.717, 1.165) is 16.3 Å². The van der Waals surface area contributed by atoms with Crippen molar-refractivity contribution in [1.29, 1.82) is 0 Å². The fourth-order valence-corrected chi connectivity index (χ4v) is 3.47. The van der Waals surface area contributed by atoms with Gasteiger partial charge in [-0.15, -0.1) is 11.3 Å². The fourth-order valence-electron chi connectivity index (χ4n) is 2.42. The highest BCUT2D eigenvalue weighted by atomic mass is 32.1. The van der Waals surface area contributed by atoms with Gasteiger partial charge in [0.1, 0.15) is 10.6 Å². The summed E-state index contributed by atoms with van der Waals surface area (Å²) in [4.78, 5) is 28.7. The highest BCUT2D eigenvalue weighted by Gasteiger charge is 2.38. The Hall–Kier alpha value is -2.47. The smallest absolute Gasteiger partial charge is 0.348 e. The zero-order valence-corrected chi connectivity index (χ0v) is 16.3. The minimum atomic E-state index is -1.23. The van der Waals surface area contributed by atoms with Crippen LogP contribution in [0.3, 0.4) is 0 Å². The van der Waals surface area contributed by atoms with Crippen molar-refractivity contribution in [3.63, 3.8) is 0 Å². The Kier molecular flexibility index (Phi) is 4.48. The number of benzene rings is 1. The summed E-state index contributed by atoms with van der Waals surface area (Å²) in [5.74, 6) is -2.58. The molecule has 1 aromatic carbocycles. The predicted molar refractivity (Wildman–Crippen MR) is 100 cm³/mol. The molecule has 136 valence electrons. The van der Waals surface area contributed by atoms with Gasteiger partial charge in [0.05, 0.1) is 5.69 Å². The summed E-state index contributed by atoms with van der Waals surface area (Å²) in [6, 6.07) is 7.50. The van der Waals surface area contributed by atoms with Crippen LogP contribution < -0.4 is 0 Å². The van der Waals surface area contributed by atoms with Crippen molar-refractivity contribution in [2.75, 3.05) is 0 Å². The Balaban J connectivity index is 1.83. The van der Waals surface area contributed by atoms with E-state index >= 15 is 0 Å². The van der Waals surface area contributed by atoms with Crippen LogP contribution in [-0.4, -0.2) is 22.7 Å². The summed E-state index contributed by atoms with van der Waals surface area (Å²) < 4.78 is 10.2. The lowest BCUT2D eigenvalue weighted by Gasteiger charge is -2.29. The van der Waals surface area contributed by atoms with Gasteiger partial charge in [-0.1, -0.05) is 45.0 Å². The fraction of sp³-hybridized carbons (Fsp3) is 0.350. The molecular formula is C20H21NO4S. The molecule has 0 unspecified atom stereocenters. The standard InChI is InChI=1S/C20H21NO4S/c1-19(2,3)15-11-26-16(21-15)13-8-6-12(7-9-13)10-14-17(22)24-20(4,5)25-18(14)23/h6-11H,1-5H3. The summed E-state index contributed by atoms with van der Waals surface area (Å²) in [5.41, 5.74) is 2.65. The molecule has 0 radical (unpaired) electrons. The number of esters is 2. The second-order valence-corrected chi connectivity index (χ2v) is 8.50. The van der Waals surface area contributed by atoms with Crippen LogP contribution >= 0.6 is 11.3 Å². The number of hydrogen-bond donors (Lipinski definition) is 0. The molecule has 3 rings (SSSR count). The van der Waals surface area contributed by atoms with Gasteiger partial charge in [-0.05, 0) is 11.6 Å². The molecule has 5 nitrogen and oxygen atoms in total. The van der Waals surface area contributed by atoms with Gasteiger partial charge in [-0.25, -0.2) is 14.6 Å². The molecule has 1 fully saturated rings. The first-order valence-electron chi connectivity index (χ1n) is 8.30. The molecule has 0 N–H and O–H groups in total. The van der Waals surface area contributed by atoms with E-state index in [0.29, 0.717) is 5.56 Å². The molecular weight excluding hydrogens is 350 g/mol. The molecule has 1 aliphatic rings. The van der Waals surface area contributed by atoms with Crippen LogP contribution in [0.25, 0.3) is 16.6 Å². The topological polar surface area (TPSA) is 65.5 Å². The Morgan fingerprint density at radius 1 is 1.04 bits per heavy atom. The molecule has 0 bridgehead atoms. The number of cyclic esters (lactones) is 2. The van der Waals surface area contributed by atoms with Gasteiger partial charge < -0.3 is 9.47 Å². The molecule has 2 aromatic rings. The number of carbonyl (C=O) groups excluding carboxylic acids is 2. The second-order valence-electron chi connectivity index (χ2n) is 7.65. The first-order valence-corrected chi connectivity index (χ1v) is 9.18. The van der Waals surface area contributed by atoms with Gasteiger partial charge in [0, 0.05) is 30.2 Å². The molecule has 1 aliphatic heterocycles. The molecule has 6 heteroatoms. The summed E-state index contributed by atoms with van der Waals surface area (Å²) in [6.45, 7) is 9.43. The number of nitrogens with zero attached hydrogens (tertiary/aromatic N) is 1. The minimum absolute atomic E-state index is 0.00852. The van der Waals surface area contributed by atoms with E-state index < -0.39 is 17.7 Å². The Morgan fingerprint density at radius 3 is 2.12 bits per heavy atom. The third kappa shape index (κ3) is 3.85. The van der Waals surface area contributed by atoms with Crippen LogP contribution in [0.5, 0.6) is 0 Å². The Morgan fingerprint density at radius 2 is 1.62 bits per heavy atom. The lowest BCUT2D eigenvalue weighted by atomic mass is 9.93. The van der Waals surface area contributed by atoms with Gasteiger partial charge in [0.2, 0.25) is 0 Å². The van der Waals surface area contributed by atoms with Gasteiger partial charge in [0.25, 0.3) is 5.79 Å². The molecule has 1 saturated heterocycles. The maximum Gasteiger partial charge on any atom is 0.348 e. The van der Waals surface area contributed by atoms with Crippen LogP contribution in [0.1, 0.15) is 45.9 Å². The van der Waals surface area contributed by atoms with Crippen LogP contribution in [0.15, 0.2) is 35.2 Å². The van der Waals surface area contributed by atoms with Gasteiger partial charge in [0.15, 0.2) is 0 Å². The largest absolute Gasteiger partial charge is 0.419 e. The van der Waals surface area contributed by atoms with Crippen LogP contribution in [0.2, 0.25) is 0 Å². The summed E-state index contributed by atoms with van der Waals surface area (Å²) in [7, 11) is 0. The van der Waals surface area contributed by atoms with Crippen molar-refractivity contribution in [2.24, 2.45) is 0 Å². The third-order valence-electron chi connectivity index (χ3n) is 3.86. The average Bonchev–Trinajstić information content (AvgIpc) is 3.01. The van der Waals surface area contributed by atoms with Crippen molar-refractivity contribution in [1.82, 2.24) is 4.98 Å². The molecule has 0 atom stereocenters. The minimum Gasteiger partial charge on any atom is -0.419 e. The summed E-state index contributed by atoms with van der Waals surface area (Å²) in [6.07, 6.45) is 1.48. The van der Waals surface area contributed by atoms with Crippen molar-refractivity contribution in [3.8, 4) is 10.6 Å². The highest BCUT2D eigenvalue weighted by Crippen LogP contribution is 2.30. The summed E-state index contributed by atoms with van der Waals surface area (Å²) >= 11 is 1.60. The van der Waals surface area contributed by atoms with Crippen LogP contribution in [0, 0.1) is 0 Å². The number of thiazole rings is 1. The molecule has 0 amide bonds. The van der Waals surface area contributed by atoms with E-state index in [9.17, 15) is 9.59 Å². The van der Waals surface area contributed by atoms with Crippen molar-refractivity contribution in [2.45, 2.75) is 45.8 Å². The number of rotatable bonds is 2. The van der Waals surface area contributed by atoms with Gasteiger partial charge in [-0.3, -0.25) is 0 Å². The maximum atomic E-state index is 12.0. The highest BCUT2D eigenvalue weighted by molar-refractivity contribution is 7.13. The molecule has 0 spiro atoms. The van der Waals surface area contributed by atoms with Crippen molar-refractivity contribution in [3.05, 3.63) is 46.5 Å². The molecule has 1 aromatic heterocycles. The maximum absolute atomic E-state index is 12.0. The van der Waals surface area contributed by atoms with Crippen LogP contribution in [0.4, 0.5) is 0 Å². The Bertz CT molecular complexity index is 863. The van der Waals surface area contributed by atoms with Gasteiger partial charge in [-0.2, -0.15) is 0 Å². The van der Waals surface area contributed by atoms with Gasteiger partial charge >= 0.3 is 11.9 Å². The monoisotopic (exact) mass is 371 g/mol. The number of hydrogen-bond acceptors (Lipinski definition) is 6. The number of carbonyl (C=O) groups is 2. The SMILES string of the molecule is CC1(C)OC(=O)C(=Cc2ccc(-c3nc(C(C)(C)C)cs3)cc2)C(=O)O1. The lowest BCUT2D eigenvalue weighted by Crippen LogP contribution is -2.41. The van der Waals surface area contributed by atoms with E-state index in [4.69, 9.17) is 14.5 Å². The number of ether oxygens (including phenoxy) is 2. The molecule has 26 heavy (non-hydrogen) atoms. The normalized spacial score (nSPS) is 16.9. The van der Waals surface area contributed by atoms with E-state index in [-0.39, 0.29) is 11.0 Å². The quantitative estimate of drug-likeness (QED) is 0.447. The molecule has 2 heterocycles. The van der Waals surface area contributed by atoms with E-state index in [2.05, 4.69) is 26.2 Å². The number of aromatic nitrogens is 1. The zero-order chi connectivity index (χ0) is 19.1. The van der Waals surface area contributed by atoms with E-state index in [1.807, 2.05) is 24.3 Å². The van der Waals surface area contributed by atoms with E-state index in [1.54, 1.807) is 11.3 Å². The second kappa shape index (κ2) is 6.36. The zero-order valence-electron chi connectivity index (χ0n) is 15.5. The van der Waals surface area contributed by atoms with Crippen molar-refractivity contribution >= 4 is 29.4 Å². The first-order chi connectivity index (χ1) is 12.0. The molecule has 0 saturated carbocycles. The van der Waals surface area contributed by atoms with E-state index in [1.165, 1.54) is 19.9 Å². The molecule has 0 aliphatic carbocycles.